The zero-order chi connectivity index (χ0) is 20.2. The summed E-state index contributed by atoms with van der Waals surface area (Å²) in [6.45, 7) is 14.3. The van der Waals surface area contributed by atoms with E-state index in [4.69, 9.17) is 4.74 Å². The first-order valence-corrected chi connectivity index (χ1v) is 10.2. The highest BCUT2D eigenvalue weighted by molar-refractivity contribution is 5.88. The molecule has 1 aliphatic heterocycles. The van der Waals surface area contributed by atoms with E-state index < -0.39 is 0 Å². The fraction of sp³-hybridized carbons (Fsp3) is 0.440. The molecule has 0 saturated carbocycles. The number of aromatic amines is 1. The monoisotopic (exact) mass is 376 g/mol. The molecule has 1 atom stereocenters. The first-order valence-electron chi connectivity index (χ1n) is 10.2. The summed E-state index contributed by atoms with van der Waals surface area (Å²) in [6, 6.07) is 9.34. The Morgan fingerprint density at radius 2 is 1.75 bits per heavy atom. The van der Waals surface area contributed by atoms with Gasteiger partial charge in [0.15, 0.2) is 0 Å². The van der Waals surface area contributed by atoms with Gasteiger partial charge in [-0.05, 0) is 78.6 Å². The molecule has 1 aliphatic rings. The molecule has 148 valence electrons. The molecule has 0 saturated heterocycles. The van der Waals surface area contributed by atoms with Crippen molar-refractivity contribution >= 4 is 10.9 Å². The van der Waals surface area contributed by atoms with Gasteiger partial charge in [0.05, 0.1) is 13.2 Å². The summed E-state index contributed by atoms with van der Waals surface area (Å²) in [5, 5.41) is 5.16. The van der Waals surface area contributed by atoms with E-state index in [1.54, 1.807) is 7.11 Å². The molecule has 1 aromatic heterocycles. The highest BCUT2D eigenvalue weighted by atomic mass is 16.5. The molecular formula is C25H32N2O. The average Bonchev–Trinajstić information content (AvgIpc) is 3.00. The molecule has 0 aliphatic carbocycles. The summed E-state index contributed by atoms with van der Waals surface area (Å²) in [6.07, 6.45) is 1.07. The molecule has 0 radical (unpaired) electrons. The van der Waals surface area contributed by atoms with E-state index >= 15 is 0 Å². The van der Waals surface area contributed by atoms with Crippen LogP contribution in [0, 0.1) is 20.8 Å². The van der Waals surface area contributed by atoms with Gasteiger partial charge in [0.25, 0.3) is 0 Å². The number of hydrogen-bond acceptors (Lipinski definition) is 2. The Morgan fingerprint density at radius 3 is 2.43 bits per heavy atom. The van der Waals surface area contributed by atoms with Gasteiger partial charge in [-0.2, -0.15) is 0 Å². The molecule has 2 N–H and O–H groups in total. The minimum atomic E-state index is 0.0272. The van der Waals surface area contributed by atoms with Crippen molar-refractivity contribution in [1.29, 1.82) is 0 Å². The summed E-state index contributed by atoms with van der Waals surface area (Å²) >= 11 is 0. The van der Waals surface area contributed by atoms with Crippen LogP contribution in [0.15, 0.2) is 24.3 Å². The summed E-state index contributed by atoms with van der Waals surface area (Å²) < 4.78 is 5.71. The van der Waals surface area contributed by atoms with Crippen LogP contribution in [0.25, 0.3) is 10.9 Å². The molecule has 3 aromatic rings. The fourth-order valence-electron chi connectivity index (χ4n) is 4.72. The van der Waals surface area contributed by atoms with Crippen molar-refractivity contribution in [3.63, 3.8) is 0 Å². The molecule has 2 heterocycles. The number of H-pyrrole nitrogens is 1. The maximum atomic E-state index is 5.71. The van der Waals surface area contributed by atoms with E-state index in [1.165, 1.54) is 50.0 Å². The summed E-state index contributed by atoms with van der Waals surface area (Å²) in [7, 11) is 1.77. The Balaban J connectivity index is 1.92. The van der Waals surface area contributed by atoms with Gasteiger partial charge in [0.1, 0.15) is 5.75 Å². The number of benzene rings is 2. The fourth-order valence-corrected chi connectivity index (χ4v) is 4.72. The zero-order valence-electron chi connectivity index (χ0n) is 18.2. The van der Waals surface area contributed by atoms with E-state index in [-0.39, 0.29) is 11.5 Å². The molecule has 0 fully saturated rings. The molecular weight excluding hydrogens is 344 g/mol. The van der Waals surface area contributed by atoms with Gasteiger partial charge < -0.3 is 15.0 Å². The minimum Gasteiger partial charge on any atom is -0.496 e. The van der Waals surface area contributed by atoms with Gasteiger partial charge in [-0.3, -0.25) is 0 Å². The Kier molecular flexibility index (Phi) is 4.54. The summed E-state index contributed by atoms with van der Waals surface area (Å²) in [5.41, 5.74) is 10.6. The third-order valence-electron chi connectivity index (χ3n) is 6.11. The largest absolute Gasteiger partial charge is 0.496 e. The molecule has 3 heteroatoms. The third-order valence-corrected chi connectivity index (χ3v) is 6.11. The van der Waals surface area contributed by atoms with Crippen molar-refractivity contribution < 1.29 is 4.74 Å². The van der Waals surface area contributed by atoms with Crippen molar-refractivity contribution in [1.82, 2.24) is 10.3 Å². The lowest BCUT2D eigenvalue weighted by Crippen LogP contribution is -2.31. The lowest BCUT2D eigenvalue weighted by molar-refractivity contribution is 0.396. The van der Waals surface area contributed by atoms with Crippen LogP contribution in [0.4, 0.5) is 0 Å². The van der Waals surface area contributed by atoms with E-state index in [1.807, 2.05) is 0 Å². The van der Waals surface area contributed by atoms with Crippen LogP contribution in [0.3, 0.4) is 0 Å². The van der Waals surface area contributed by atoms with Gasteiger partial charge in [0.2, 0.25) is 0 Å². The highest BCUT2D eigenvalue weighted by Crippen LogP contribution is 2.40. The molecule has 4 rings (SSSR count). The average molecular weight is 377 g/mol. The second-order valence-corrected chi connectivity index (χ2v) is 9.32. The van der Waals surface area contributed by atoms with Crippen molar-refractivity contribution in [2.24, 2.45) is 0 Å². The molecule has 3 nitrogen and oxygen atoms in total. The van der Waals surface area contributed by atoms with E-state index in [0.29, 0.717) is 0 Å². The van der Waals surface area contributed by atoms with Gasteiger partial charge in [-0.1, -0.05) is 32.4 Å². The topological polar surface area (TPSA) is 37.0 Å². The Labute approximate surface area is 168 Å². The predicted molar refractivity (Wildman–Crippen MR) is 118 cm³/mol. The van der Waals surface area contributed by atoms with E-state index in [0.717, 1.165) is 18.7 Å². The van der Waals surface area contributed by atoms with Crippen molar-refractivity contribution in [2.75, 3.05) is 13.7 Å². The smallest absolute Gasteiger partial charge is 0.122 e. The normalized spacial score (nSPS) is 17.0. The minimum absolute atomic E-state index is 0.0272. The van der Waals surface area contributed by atoms with Crippen LogP contribution >= 0.6 is 0 Å². The van der Waals surface area contributed by atoms with Crippen LogP contribution in [-0.4, -0.2) is 18.6 Å². The molecule has 28 heavy (non-hydrogen) atoms. The first kappa shape index (κ1) is 19.1. The quantitative estimate of drug-likeness (QED) is 0.608. The standard InChI is InChI=1S/C25H32N2O/c1-14-10-16(3)22-19(11-14)17-8-9-26-23(24(17)27-22)18-13-20(25(4,5)6)21(28-7)12-15(18)2/h10-13,23,26-27H,8-9H2,1-7H3. The Bertz CT molecular complexity index is 1050. The van der Waals surface area contributed by atoms with Crippen LogP contribution in [0.1, 0.15) is 65.9 Å². The maximum absolute atomic E-state index is 5.71. The maximum Gasteiger partial charge on any atom is 0.122 e. The number of rotatable bonds is 2. The molecule has 0 amide bonds. The third kappa shape index (κ3) is 3.02. The molecule has 2 aromatic carbocycles. The van der Waals surface area contributed by atoms with Crippen LogP contribution in [-0.2, 0) is 11.8 Å². The van der Waals surface area contributed by atoms with Crippen LogP contribution < -0.4 is 10.1 Å². The van der Waals surface area contributed by atoms with Crippen LogP contribution in [0.2, 0.25) is 0 Å². The lowest BCUT2D eigenvalue weighted by atomic mass is 9.82. The van der Waals surface area contributed by atoms with Gasteiger partial charge in [-0.25, -0.2) is 0 Å². The summed E-state index contributed by atoms with van der Waals surface area (Å²) in [5.74, 6) is 0.980. The molecule has 0 spiro atoms. The highest BCUT2D eigenvalue weighted by Gasteiger charge is 2.29. The second-order valence-electron chi connectivity index (χ2n) is 9.32. The second kappa shape index (κ2) is 6.66. The van der Waals surface area contributed by atoms with Crippen molar-refractivity contribution in [2.45, 2.75) is 59.4 Å². The molecule has 1 unspecified atom stereocenters. The molecule has 0 bridgehead atoms. The zero-order valence-corrected chi connectivity index (χ0v) is 18.2. The van der Waals surface area contributed by atoms with Crippen molar-refractivity contribution in [3.05, 3.63) is 63.3 Å². The van der Waals surface area contributed by atoms with E-state index in [9.17, 15) is 0 Å². The van der Waals surface area contributed by atoms with Crippen LogP contribution in [0.5, 0.6) is 5.75 Å². The van der Waals surface area contributed by atoms with Gasteiger partial charge in [-0.15, -0.1) is 0 Å². The number of hydrogen-bond donors (Lipinski definition) is 2. The van der Waals surface area contributed by atoms with E-state index in [2.05, 4.69) is 76.1 Å². The lowest BCUT2D eigenvalue weighted by Gasteiger charge is -2.29. The van der Waals surface area contributed by atoms with Crippen molar-refractivity contribution in [3.8, 4) is 5.75 Å². The predicted octanol–water partition coefficient (Wildman–Crippen LogP) is 5.63. The Hall–Kier alpha value is -2.26. The first-order chi connectivity index (χ1) is 13.2. The number of aryl methyl sites for hydroxylation is 3. The SMILES string of the molecule is COc1cc(C)c(C2NCCc3c2[nH]c2c(C)cc(C)cc32)cc1C(C)(C)C. The number of fused-ring (bicyclic) bond motifs is 3. The Morgan fingerprint density at radius 1 is 1.00 bits per heavy atom. The van der Waals surface area contributed by atoms with Gasteiger partial charge >= 0.3 is 0 Å². The summed E-state index contributed by atoms with van der Waals surface area (Å²) in [4.78, 5) is 3.78. The van der Waals surface area contributed by atoms with Gasteiger partial charge in [0, 0.05) is 23.1 Å². The number of aromatic nitrogens is 1. The number of nitrogens with one attached hydrogen (secondary N) is 2. The number of methoxy groups -OCH3 is 1. The number of ether oxygens (including phenoxy) is 1.